The highest BCUT2D eigenvalue weighted by molar-refractivity contribution is 6.32. The summed E-state index contributed by atoms with van der Waals surface area (Å²) in [6.45, 7) is 3.68. The van der Waals surface area contributed by atoms with E-state index in [1.807, 2.05) is 0 Å². The van der Waals surface area contributed by atoms with Crippen LogP contribution in [0, 0.1) is 5.82 Å². The van der Waals surface area contributed by atoms with Gasteiger partial charge in [0.1, 0.15) is 19.0 Å². The van der Waals surface area contributed by atoms with E-state index in [9.17, 15) is 19.1 Å². The van der Waals surface area contributed by atoms with Gasteiger partial charge < -0.3 is 39.4 Å². The molecule has 0 unspecified atom stereocenters. The monoisotopic (exact) mass is 656 g/mol. The zero-order valence-electron chi connectivity index (χ0n) is 25.6. The van der Waals surface area contributed by atoms with Crippen molar-refractivity contribution in [2.75, 3.05) is 27.4 Å². The molecule has 0 aromatic heterocycles. The summed E-state index contributed by atoms with van der Waals surface area (Å²) in [4.78, 5) is 24.6. The Morgan fingerprint density at radius 2 is 1.85 bits per heavy atom. The fraction of sp³-hybridized carbons (Fsp3) is 0.281. The number of rotatable bonds is 14. The van der Waals surface area contributed by atoms with Crippen LogP contribution in [-0.2, 0) is 16.1 Å². The third-order valence-corrected chi connectivity index (χ3v) is 6.94. The van der Waals surface area contributed by atoms with Crippen molar-refractivity contribution in [3.8, 4) is 23.0 Å². The number of methoxy groups -OCH3 is 2. The van der Waals surface area contributed by atoms with Crippen molar-refractivity contribution in [2.45, 2.75) is 32.7 Å². The average Bonchev–Trinajstić information content (AvgIpc) is 3.03. The minimum absolute atomic E-state index is 0.158. The van der Waals surface area contributed by atoms with Gasteiger partial charge in [-0.3, -0.25) is 5.43 Å². The van der Waals surface area contributed by atoms with Gasteiger partial charge in [-0.1, -0.05) is 29.8 Å². The predicted molar refractivity (Wildman–Crippen MR) is 168 cm³/mol. The first kappa shape index (κ1) is 33.9. The average molecular weight is 657 g/mol. The van der Waals surface area contributed by atoms with Crippen molar-refractivity contribution < 1.29 is 42.8 Å². The van der Waals surface area contributed by atoms with E-state index in [0.717, 1.165) is 5.56 Å². The summed E-state index contributed by atoms with van der Waals surface area (Å²) in [5.74, 6) is 0.415. The van der Waals surface area contributed by atoms with E-state index < -0.39 is 24.3 Å². The predicted octanol–water partition coefficient (Wildman–Crippen LogP) is 4.59. The Labute approximate surface area is 270 Å². The highest BCUT2D eigenvalue weighted by Crippen LogP contribution is 2.37. The van der Waals surface area contributed by atoms with Crippen LogP contribution in [0.15, 0.2) is 71.0 Å². The number of esters is 1. The number of carbonyl (C=O) groups excluding carboxylic acids is 2. The van der Waals surface area contributed by atoms with E-state index in [2.05, 4.69) is 21.2 Å². The molecule has 1 aliphatic heterocycles. The molecule has 3 aromatic rings. The van der Waals surface area contributed by atoms with E-state index >= 15 is 0 Å². The maximum atomic E-state index is 13.2. The number of halogens is 2. The SMILES string of the molecule is CCOc1cc([C@H]2NC(=O)NC(C)=C2C(=O)OC)ccc1OC[C@H](O)N/N=C\c1cc(Cl)c(OCc2ccc(F)cc2)c(OC)c1. The van der Waals surface area contributed by atoms with Gasteiger partial charge in [0.05, 0.1) is 43.7 Å². The number of aliphatic hydroxyl groups is 1. The van der Waals surface area contributed by atoms with E-state index in [1.165, 1.54) is 32.6 Å². The Hall–Kier alpha value is -5.01. The number of aliphatic hydroxyl groups excluding tert-OH is 1. The van der Waals surface area contributed by atoms with Crippen molar-refractivity contribution in [2.24, 2.45) is 5.10 Å². The summed E-state index contributed by atoms with van der Waals surface area (Å²) in [6.07, 6.45) is 0.227. The summed E-state index contributed by atoms with van der Waals surface area (Å²) >= 11 is 6.43. The molecule has 46 heavy (non-hydrogen) atoms. The van der Waals surface area contributed by atoms with Gasteiger partial charge in [0.15, 0.2) is 29.2 Å². The van der Waals surface area contributed by atoms with Crippen LogP contribution in [0.4, 0.5) is 9.18 Å². The Kier molecular flexibility index (Phi) is 11.7. The number of nitrogens with one attached hydrogen (secondary N) is 3. The summed E-state index contributed by atoms with van der Waals surface area (Å²) in [6, 6.07) is 12.9. The summed E-state index contributed by atoms with van der Waals surface area (Å²) < 4.78 is 40.8. The molecular weight excluding hydrogens is 623 g/mol. The van der Waals surface area contributed by atoms with Crippen LogP contribution in [-0.4, -0.2) is 57.0 Å². The lowest BCUT2D eigenvalue weighted by molar-refractivity contribution is -0.136. The quantitative estimate of drug-likeness (QED) is 0.0846. The second kappa shape index (κ2) is 15.8. The van der Waals surface area contributed by atoms with Crippen LogP contribution in [0.25, 0.3) is 0 Å². The summed E-state index contributed by atoms with van der Waals surface area (Å²) in [5, 5.41) is 20.1. The van der Waals surface area contributed by atoms with Crippen molar-refractivity contribution in [1.29, 1.82) is 0 Å². The largest absolute Gasteiger partial charge is 0.493 e. The Balaban J connectivity index is 1.38. The van der Waals surface area contributed by atoms with Gasteiger partial charge in [0, 0.05) is 5.70 Å². The number of amides is 2. The molecule has 0 saturated carbocycles. The number of hydrazone groups is 1. The molecular formula is C32H34ClFN4O8. The first-order valence-electron chi connectivity index (χ1n) is 14.1. The van der Waals surface area contributed by atoms with Gasteiger partial charge in [-0.2, -0.15) is 5.10 Å². The molecule has 0 aliphatic carbocycles. The van der Waals surface area contributed by atoms with Crippen LogP contribution in [0.3, 0.4) is 0 Å². The second-order valence-corrected chi connectivity index (χ2v) is 10.3. The molecule has 0 fully saturated rings. The number of carbonyl (C=O) groups is 2. The lowest BCUT2D eigenvalue weighted by Crippen LogP contribution is -2.45. The summed E-state index contributed by atoms with van der Waals surface area (Å²) in [5.41, 5.74) is 5.08. The van der Waals surface area contributed by atoms with Crippen molar-refractivity contribution in [3.63, 3.8) is 0 Å². The van der Waals surface area contributed by atoms with Crippen LogP contribution >= 0.6 is 11.6 Å². The van der Waals surface area contributed by atoms with Crippen LogP contribution < -0.4 is 35.0 Å². The second-order valence-electron chi connectivity index (χ2n) is 9.86. The van der Waals surface area contributed by atoms with Crippen LogP contribution in [0.5, 0.6) is 23.0 Å². The lowest BCUT2D eigenvalue weighted by atomic mass is 9.95. The smallest absolute Gasteiger partial charge is 0.337 e. The molecule has 0 saturated heterocycles. The first-order valence-corrected chi connectivity index (χ1v) is 14.5. The van der Waals surface area contributed by atoms with Gasteiger partial charge in [0.2, 0.25) is 0 Å². The standard InChI is InChI=1S/C32H34ClFN4O8/c1-5-44-25-14-21(29-28(31(40)43-4)18(2)36-32(41)37-29)8-11-24(25)45-17-27(39)38-35-15-20-12-23(33)30(26(13-20)42-3)46-16-19-6-9-22(34)10-7-19/h6-15,27,29,38-39H,5,16-17H2,1-4H3,(H2,36,37,41)/b35-15-/t27-,29+/m0/s1. The number of hydrogen-bond acceptors (Lipinski definition) is 10. The molecule has 0 bridgehead atoms. The molecule has 0 spiro atoms. The van der Waals surface area contributed by atoms with Gasteiger partial charge in [-0.15, -0.1) is 0 Å². The van der Waals surface area contributed by atoms with Gasteiger partial charge >= 0.3 is 12.0 Å². The van der Waals surface area contributed by atoms with Crippen molar-refractivity contribution >= 4 is 29.8 Å². The minimum Gasteiger partial charge on any atom is -0.493 e. The summed E-state index contributed by atoms with van der Waals surface area (Å²) in [7, 11) is 2.73. The highest BCUT2D eigenvalue weighted by Gasteiger charge is 2.32. The highest BCUT2D eigenvalue weighted by atomic mass is 35.5. The number of hydrogen-bond donors (Lipinski definition) is 4. The molecule has 4 rings (SSSR count). The Morgan fingerprint density at radius 3 is 2.54 bits per heavy atom. The molecule has 2 amide bonds. The van der Waals surface area contributed by atoms with Gasteiger partial charge in [0.25, 0.3) is 0 Å². The zero-order chi connectivity index (χ0) is 33.2. The molecule has 12 nitrogen and oxygen atoms in total. The topological polar surface area (TPSA) is 149 Å². The molecule has 0 radical (unpaired) electrons. The van der Waals surface area contributed by atoms with E-state index in [0.29, 0.717) is 46.4 Å². The molecule has 4 N–H and O–H groups in total. The van der Waals surface area contributed by atoms with Crippen LogP contribution in [0.1, 0.15) is 36.6 Å². The third kappa shape index (κ3) is 8.58. The Bertz CT molecular complexity index is 1620. The first-order chi connectivity index (χ1) is 22.1. The molecule has 244 valence electrons. The Morgan fingerprint density at radius 1 is 1.09 bits per heavy atom. The maximum Gasteiger partial charge on any atom is 0.337 e. The normalized spacial score (nSPS) is 15.1. The van der Waals surface area contributed by atoms with Crippen molar-refractivity contribution in [3.05, 3.63) is 93.4 Å². The molecule has 3 aromatic carbocycles. The number of urea groups is 1. The van der Waals surface area contributed by atoms with Gasteiger partial charge in [-0.25, -0.2) is 14.0 Å². The molecule has 1 aliphatic rings. The van der Waals surface area contributed by atoms with E-state index in [4.69, 9.17) is 35.3 Å². The van der Waals surface area contributed by atoms with E-state index in [-0.39, 0.29) is 29.6 Å². The number of allylic oxidation sites excluding steroid dienone is 1. The third-order valence-electron chi connectivity index (χ3n) is 6.66. The van der Waals surface area contributed by atoms with Gasteiger partial charge in [-0.05, 0) is 66.9 Å². The minimum atomic E-state index is -1.21. The van der Waals surface area contributed by atoms with Crippen LogP contribution in [0.2, 0.25) is 5.02 Å². The fourth-order valence-electron chi connectivity index (χ4n) is 4.51. The molecule has 2 atom stereocenters. The maximum absolute atomic E-state index is 13.2. The fourth-order valence-corrected chi connectivity index (χ4v) is 4.78. The van der Waals surface area contributed by atoms with Crippen molar-refractivity contribution in [1.82, 2.24) is 16.1 Å². The zero-order valence-corrected chi connectivity index (χ0v) is 26.3. The number of benzene rings is 3. The number of nitrogens with zero attached hydrogens (tertiary/aromatic N) is 1. The lowest BCUT2D eigenvalue weighted by Gasteiger charge is -2.28. The number of ether oxygens (including phenoxy) is 5. The molecule has 1 heterocycles. The molecule has 14 heteroatoms. The van der Waals surface area contributed by atoms with E-state index in [1.54, 1.807) is 56.3 Å².